The number of carbonyl (C=O) groups excluding carboxylic acids is 2. The van der Waals surface area contributed by atoms with Crippen LogP contribution in [0.25, 0.3) is 28.2 Å². The molecule has 1 aliphatic rings. The van der Waals surface area contributed by atoms with E-state index >= 15 is 0 Å². The molecule has 0 spiro atoms. The number of aryl methyl sites for hydroxylation is 1. The Kier molecular flexibility index (Phi) is 3.66. The van der Waals surface area contributed by atoms with Crippen LogP contribution in [-0.4, -0.2) is 21.1 Å². The third kappa shape index (κ3) is 2.61. The molecule has 4 rings (SSSR count). The van der Waals surface area contributed by atoms with Crippen molar-refractivity contribution in [1.29, 1.82) is 0 Å². The number of benzene rings is 1. The van der Waals surface area contributed by atoms with Gasteiger partial charge in [0.05, 0.1) is 16.1 Å². The van der Waals surface area contributed by atoms with Gasteiger partial charge in [0.1, 0.15) is 6.33 Å². The van der Waals surface area contributed by atoms with Gasteiger partial charge in [-0.25, -0.2) is 9.97 Å². The van der Waals surface area contributed by atoms with E-state index in [4.69, 9.17) is 0 Å². The third-order valence-corrected chi connectivity index (χ3v) is 5.38. The lowest BCUT2D eigenvalue weighted by atomic mass is 10.0. The standard InChI is InChI=1S/C17H11N3O2S2/c1-9-6-23-7-12(9)15-11-4-10(2-3-13(11)18-8-19-15)5-14-16(21)20-17(22)24-14/h2-8H,1H3,(H,20,21,22)/b14-5+. The Morgan fingerprint density at radius 1 is 1.17 bits per heavy atom. The van der Waals surface area contributed by atoms with E-state index in [1.807, 2.05) is 18.2 Å². The van der Waals surface area contributed by atoms with Crippen molar-refractivity contribution in [3.63, 3.8) is 0 Å². The lowest BCUT2D eigenvalue weighted by molar-refractivity contribution is -0.115. The zero-order valence-electron chi connectivity index (χ0n) is 12.6. The van der Waals surface area contributed by atoms with Crippen molar-refractivity contribution in [3.8, 4) is 11.3 Å². The summed E-state index contributed by atoms with van der Waals surface area (Å²) in [6.45, 7) is 2.05. The molecule has 0 aliphatic carbocycles. The number of carbonyl (C=O) groups is 2. The molecule has 0 atom stereocenters. The van der Waals surface area contributed by atoms with Crippen LogP contribution in [0.3, 0.4) is 0 Å². The molecular formula is C17H11N3O2S2. The summed E-state index contributed by atoms with van der Waals surface area (Å²) in [5.41, 5.74) is 4.80. The Balaban J connectivity index is 1.86. The van der Waals surface area contributed by atoms with Gasteiger partial charge in [-0.3, -0.25) is 14.9 Å². The Labute approximate surface area is 145 Å². The number of nitrogens with zero attached hydrogens (tertiary/aromatic N) is 2. The second kappa shape index (κ2) is 5.85. The van der Waals surface area contributed by atoms with Crippen molar-refractivity contribution >= 4 is 51.2 Å². The molecule has 7 heteroatoms. The maximum atomic E-state index is 11.7. The molecule has 0 radical (unpaired) electrons. The monoisotopic (exact) mass is 353 g/mol. The summed E-state index contributed by atoms with van der Waals surface area (Å²) < 4.78 is 0. The lowest BCUT2D eigenvalue weighted by Gasteiger charge is -2.06. The number of nitrogens with one attached hydrogen (secondary N) is 1. The highest BCUT2D eigenvalue weighted by Gasteiger charge is 2.25. The molecule has 0 saturated carbocycles. The summed E-state index contributed by atoms with van der Waals surface area (Å²) in [4.78, 5) is 32.1. The molecule has 1 aliphatic heterocycles. The van der Waals surface area contributed by atoms with E-state index < -0.39 is 0 Å². The van der Waals surface area contributed by atoms with Crippen molar-refractivity contribution in [1.82, 2.24) is 15.3 Å². The van der Waals surface area contributed by atoms with Gasteiger partial charge < -0.3 is 0 Å². The van der Waals surface area contributed by atoms with Crippen molar-refractivity contribution in [3.05, 3.63) is 51.3 Å². The lowest BCUT2D eigenvalue weighted by Crippen LogP contribution is -2.17. The fourth-order valence-electron chi connectivity index (χ4n) is 2.55. The number of thiophene rings is 1. The first kappa shape index (κ1) is 15.0. The second-order valence-corrected chi connectivity index (χ2v) is 7.08. The van der Waals surface area contributed by atoms with E-state index in [0.29, 0.717) is 4.91 Å². The third-order valence-electron chi connectivity index (χ3n) is 3.71. The first-order chi connectivity index (χ1) is 11.6. The maximum absolute atomic E-state index is 11.7. The van der Waals surface area contributed by atoms with E-state index in [9.17, 15) is 9.59 Å². The number of aromatic nitrogens is 2. The smallest absolute Gasteiger partial charge is 0.282 e. The van der Waals surface area contributed by atoms with Gasteiger partial charge in [0, 0.05) is 16.3 Å². The van der Waals surface area contributed by atoms with Crippen molar-refractivity contribution in [2.45, 2.75) is 6.92 Å². The quantitative estimate of drug-likeness (QED) is 0.705. The zero-order valence-corrected chi connectivity index (χ0v) is 14.2. The van der Waals surface area contributed by atoms with Crippen LogP contribution in [0.1, 0.15) is 11.1 Å². The van der Waals surface area contributed by atoms with Gasteiger partial charge in [-0.05, 0) is 53.4 Å². The van der Waals surface area contributed by atoms with E-state index in [0.717, 1.165) is 39.5 Å². The van der Waals surface area contributed by atoms with E-state index in [1.165, 1.54) is 5.56 Å². The average molecular weight is 353 g/mol. The molecule has 0 unspecified atom stereocenters. The average Bonchev–Trinajstić information content (AvgIpc) is 3.12. The van der Waals surface area contributed by atoms with Gasteiger partial charge in [-0.2, -0.15) is 11.3 Å². The van der Waals surface area contributed by atoms with E-state index in [-0.39, 0.29) is 11.1 Å². The number of fused-ring (bicyclic) bond motifs is 1. The molecule has 1 N–H and O–H groups in total. The minimum absolute atomic E-state index is 0.343. The van der Waals surface area contributed by atoms with Gasteiger partial charge >= 0.3 is 0 Å². The van der Waals surface area contributed by atoms with Crippen LogP contribution in [0.5, 0.6) is 0 Å². The van der Waals surface area contributed by atoms with Crippen LogP contribution in [-0.2, 0) is 4.79 Å². The molecule has 1 aromatic carbocycles. The number of hydrogen-bond donors (Lipinski definition) is 1. The molecule has 24 heavy (non-hydrogen) atoms. The fraction of sp³-hybridized carbons (Fsp3) is 0.0588. The van der Waals surface area contributed by atoms with Crippen LogP contribution >= 0.6 is 23.1 Å². The Morgan fingerprint density at radius 3 is 2.75 bits per heavy atom. The maximum Gasteiger partial charge on any atom is 0.290 e. The molecule has 1 saturated heterocycles. The molecule has 5 nitrogen and oxygen atoms in total. The van der Waals surface area contributed by atoms with E-state index in [1.54, 1.807) is 23.7 Å². The summed E-state index contributed by atoms with van der Waals surface area (Å²) in [7, 11) is 0. The molecule has 1 fully saturated rings. The second-order valence-electron chi connectivity index (χ2n) is 5.32. The van der Waals surface area contributed by atoms with Gasteiger partial charge in [0.15, 0.2) is 0 Å². The van der Waals surface area contributed by atoms with Gasteiger partial charge in [-0.15, -0.1) is 0 Å². The molecule has 2 aromatic heterocycles. The number of hydrogen-bond acceptors (Lipinski definition) is 6. The highest BCUT2D eigenvalue weighted by atomic mass is 32.2. The SMILES string of the molecule is Cc1cscc1-c1ncnc2ccc(/C=C3/SC(=O)NC3=O)cc12. The largest absolute Gasteiger partial charge is 0.290 e. The van der Waals surface area contributed by atoms with Crippen LogP contribution < -0.4 is 5.32 Å². The molecular weight excluding hydrogens is 342 g/mol. The summed E-state index contributed by atoms with van der Waals surface area (Å²) in [5, 5.41) is 6.99. The molecule has 3 aromatic rings. The van der Waals surface area contributed by atoms with Crippen LogP contribution in [0.15, 0.2) is 40.2 Å². The van der Waals surface area contributed by atoms with Crippen molar-refractivity contribution in [2.75, 3.05) is 0 Å². The molecule has 3 heterocycles. The van der Waals surface area contributed by atoms with Crippen LogP contribution in [0.4, 0.5) is 4.79 Å². The topological polar surface area (TPSA) is 72.0 Å². The first-order valence-corrected chi connectivity index (χ1v) is 8.90. The molecule has 0 bridgehead atoms. The number of amides is 2. The van der Waals surface area contributed by atoms with Gasteiger partial charge in [-0.1, -0.05) is 6.07 Å². The highest BCUT2D eigenvalue weighted by Crippen LogP contribution is 2.32. The summed E-state index contributed by atoms with van der Waals surface area (Å²) >= 11 is 2.54. The zero-order chi connectivity index (χ0) is 16.7. The van der Waals surface area contributed by atoms with Gasteiger partial charge in [0.25, 0.3) is 11.1 Å². The predicted molar refractivity (Wildman–Crippen MR) is 96.7 cm³/mol. The first-order valence-electron chi connectivity index (χ1n) is 7.14. The minimum atomic E-state index is -0.358. The summed E-state index contributed by atoms with van der Waals surface area (Å²) in [6, 6.07) is 5.72. The Hall–Kier alpha value is -2.51. The molecule has 2 amide bonds. The normalized spacial score (nSPS) is 16.1. The highest BCUT2D eigenvalue weighted by molar-refractivity contribution is 8.18. The van der Waals surface area contributed by atoms with Crippen molar-refractivity contribution in [2.24, 2.45) is 0 Å². The number of rotatable bonds is 2. The number of imide groups is 1. The molecule has 118 valence electrons. The predicted octanol–water partition coefficient (Wildman–Crippen LogP) is 3.99. The van der Waals surface area contributed by atoms with Crippen molar-refractivity contribution < 1.29 is 9.59 Å². The van der Waals surface area contributed by atoms with E-state index in [2.05, 4.69) is 33.0 Å². The minimum Gasteiger partial charge on any atom is -0.282 e. The number of thioether (sulfide) groups is 1. The summed E-state index contributed by atoms with van der Waals surface area (Å²) in [6.07, 6.45) is 3.27. The Bertz CT molecular complexity index is 1020. The van der Waals surface area contributed by atoms with Crippen LogP contribution in [0.2, 0.25) is 0 Å². The van der Waals surface area contributed by atoms with Crippen LogP contribution in [0, 0.1) is 6.92 Å². The summed E-state index contributed by atoms with van der Waals surface area (Å²) in [5.74, 6) is -0.358. The fourth-order valence-corrected chi connectivity index (χ4v) is 4.07. The Morgan fingerprint density at radius 2 is 2.04 bits per heavy atom. The van der Waals surface area contributed by atoms with Gasteiger partial charge in [0.2, 0.25) is 0 Å².